The Morgan fingerprint density at radius 1 is 1.06 bits per heavy atom. The molecule has 0 saturated heterocycles. The van der Waals surface area contributed by atoms with E-state index in [1.54, 1.807) is 0 Å². The van der Waals surface area contributed by atoms with Crippen LogP contribution in [0.2, 0.25) is 0 Å². The second kappa shape index (κ2) is 9.83. The Bertz CT molecular complexity index is 166. The van der Waals surface area contributed by atoms with E-state index in [1.807, 2.05) is 13.8 Å². The third kappa shape index (κ3) is 7.00. The highest BCUT2D eigenvalue weighted by Gasteiger charge is 2.20. The van der Waals surface area contributed by atoms with Gasteiger partial charge < -0.3 is 9.90 Å². The maximum absolute atomic E-state index is 10.9. The SMILES string of the molecule is CCCCCCCC[C@H](C=O)[C@H](O)C(C)C. The molecule has 0 heterocycles. The van der Waals surface area contributed by atoms with E-state index in [9.17, 15) is 9.90 Å². The van der Waals surface area contributed by atoms with Gasteiger partial charge in [0.25, 0.3) is 0 Å². The van der Waals surface area contributed by atoms with E-state index in [0.29, 0.717) is 0 Å². The van der Waals surface area contributed by atoms with Crippen molar-refractivity contribution in [3.05, 3.63) is 0 Å². The molecule has 0 aromatic heterocycles. The first-order valence-corrected chi connectivity index (χ1v) is 6.76. The molecule has 16 heavy (non-hydrogen) atoms. The lowest BCUT2D eigenvalue weighted by atomic mass is 9.90. The van der Waals surface area contributed by atoms with Crippen LogP contribution in [0.3, 0.4) is 0 Å². The number of aliphatic hydroxyl groups is 1. The van der Waals surface area contributed by atoms with Crippen molar-refractivity contribution >= 4 is 6.29 Å². The van der Waals surface area contributed by atoms with Crippen LogP contribution in [0, 0.1) is 11.8 Å². The van der Waals surface area contributed by atoms with E-state index in [0.717, 1.165) is 19.1 Å². The fourth-order valence-corrected chi connectivity index (χ4v) is 1.97. The number of hydrogen-bond donors (Lipinski definition) is 1. The zero-order valence-electron chi connectivity index (χ0n) is 11.1. The molecular formula is C14H28O2. The van der Waals surface area contributed by atoms with Gasteiger partial charge >= 0.3 is 0 Å². The summed E-state index contributed by atoms with van der Waals surface area (Å²) in [7, 11) is 0. The highest BCUT2D eigenvalue weighted by atomic mass is 16.3. The van der Waals surface area contributed by atoms with Crippen LogP contribution in [-0.4, -0.2) is 17.5 Å². The standard InChI is InChI=1S/C14H28O2/c1-4-5-6-7-8-9-10-13(11-15)14(16)12(2)3/h11-14,16H,4-10H2,1-3H3/t13-,14-/m1/s1. The first-order valence-electron chi connectivity index (χ1n) is 6.76. The van der Waals surface area contributed by atoms with E-state index < -0.39 is 6.10 Å². The van der Waals surface area contributed by atoms with E-state index in [-0.39, 0.29) is 11.8 Å². The van der Waals surface area contributed by atoms with Gasteiger partial charge in [-0.3, -0.25) is 0 Å². The predicted octanol–water partition coefficient (Wildman–Crippen LogP) is 3.57. The minimum absolute atomic E-state index is 0.161. The van der Waals surface area contributed by atoms with Crippen LogP contribution in [-0.2, 0) is 4.79 Å². The van der Waals surface area contributed by atoms with Gasteiger partial charge in [-0.05, 0) is 12.3 Å². The maximum Gasteiger partial charge on any atom is 0.125 e. The van der Waals surface area contributed by atoms with Crippen molar-refractivity contribution in [3.63, 3.8) is 0 Å². The minimum Gasteiger partial charge on any atom is -0.392 e. The Morgan fingerprint density at radius 2 is 1.62 bits per heavy atom. The fourth-order valence-electron chi connectivity index (χ4n) is 1.97. The van der Waals surface area contributed by atoms with Crippen LogP contribution >= 0.6 is 0 Å². The summed E-state index contributed by atoms with van der Waals surface area (Å²) in [6, 6.07) is 0. The highest BCUT2D eigenvalue weighted by molar-refractivity contribution is 5.54. The Hall–Kier alpha value is -0.370. The number of carbonyl (C=O) groups excluding carboxylic acids is 1. The monoisotopic (exact) mass is 228 g/mol. The van der Waals surface area contributed by atoms with Gasteiger partial charge in [0.15, 0.2) is 0 Å². The van der Waals surface area contributed by atoms with Gasteiger partial charge in [0.2, 0.25) is 0 Å². The number of aliphatic hydroxyl groups excluding tert-OH is 1. The second-order valence-electron chi connectivity index (χ2n) is 5.09. The average Bonchev–Trinajstić information content (AvgIpc) is 2.27. The summed E-state index contributed by atoms with van der Waals surface area (Å²) in [5.41, 5.74) is 0. The number of rotatable bonds is 10. The van der Waals surface area contributed by atoms with Crippen LogP contribution < -0.4 is 0 Å². The molecule has 0 aromatic rings. The summed E-state index contributed by atoms with van der Waals surface area (Å²) in [5, 5.41) is 9.80. The molecule has 0 aromatic carbocycles. The van der Waals surface area contributed by atoms with Gasteiger partial charge in [0, 0.05) is 5.92 Å². The molecule has 96 valence electrons. The van der Waals surface area contributed by atoms with Gasteiger partial charge in [-0.2, -0.15) is 0 Å². The summed E-state index contributed by atoms with van der Waals surface area (Å²) in [5.74, 6) is 0.0152. The number of hydrogen-bond acceptors (Lipinski definition) is 2. The van der Waals surface area contributed by atoms with E-state index in [1.165, 1.54) is 32.1 Å². The smallest absolute Gasteiger partial charge is 0.125 e. The Kier molecular flexibility index (Phi) is 9.60. The summed E-state index contributed by atoms with van der Waals surface area (Å²) < 4.78 is 0. The molecule has 0 rings (SSSR count). The van der Waals surface area contributed by atoms with Crippen molar-refractivity contribution in [2.24, 2.45) is 11.8 Å². The minimum atomic E-state index is -0.465. The third-order valence-corrected chi connectivity index (χ3v) is 3.19. The van der Waals surface area contributed by atoms with Crippen LogP contribution in [0.15, 0.2) is 0 Å². The molecule has 0 fully saturated rings. The van der Waals surface area contributed by atoms with Crippen LogP contribution in [0.25, 0.3) is 0 Å². The van der Waals surface area contributed by atoms with Crippen molar-refractivity contribution in [2.75, 3.05) is 0 Å². The van der Waals surface area contributed by atoms with Crippen molar-refractivity contribution in [3.8, 4) is 0 Å². The molecule has 0 bridgehead atoms. The van der Waals surface area contributed by atoms with E-state index >= 15 is 0 Å². The normalized spacial score (nSPS) is 15.1. The Morgan fingerprint density at radius 3 is 2.12 bits per heavy atom. The molecular weight excluding hydrogens is 200 g/mol. The molecule has 0 saturated carbocycles. The summed E-state index contributed by atoms with van der Waals surface area (Å²) in [6.07, 6.45) is 8.70. The molecule has 0 spiro atoms. The molecule has 1 N–H and O–H groups in total. The number of unbranched alkanes of at least 4 members (excludes halogenated alkanes) is 5. The molecule has 0 unspecified atom stereocenters. The summed E-state index contributed by atoms with van der Waals surface area (Å²) >= 11 is 0. The van der Waals surface area contributed by atoms with E-state index in [4.69, 9.17) is 0 Å². The largest absolute Gasteiger partial charge is 0.392 e. The van der Waals surface area contributed by atoms with Gasteiger partial charge in [0.1, 0.15) is 6.29 Å². The summed E-state index contributed by atoms with van der Waals surface area (Å²) in [4.78, 5) is 10.9. The first kappa shape index (κ1) is 15.6. The Balaban J connectivity index is 3.59. The lowest BCUT2D eigenvalue weighted by Crippen LogP contribution is -2.27. The predicted molar refractivity (Wildman–Crippen MR) is 68.4 cm³/mol. The first-order chi connectivity index (χ1) is 7.63. The second-order valence-corrected chi connectivity index (χ2v) is 5.09. The van der Waals surface area contributed by atoms with Crippen molar-refractivity contribution in [2.45, 2.75) is 71.8 Å². The van der Waals surface area contributed by atoms with E-state index in [2.05, 4.69) is 6.92 Å². The topological polar surface area (TPSA) is 37.3 Å². The lowest BCUT2D eigenvalue weighted by Gasteiger charge is -2.20. The molecule has 0 aliphatic rings. The quantitative estimate of drug-likeness (QED) is 0.458. The van der Waals surface area contributed by atoms with Gasteiger partial charge in [0.05, 0.1) is 6.10 Å². The van der Waals surface area contributed by atoms with Gasteiger partial charge in [-0.15, -0.1) is 0 Å². The highest BCUT2D eigenvalue weighted by Crippen LogP contribution is 2.18. The van der Waals surface area contributed by atoms with Crippen LogP contribution in [0.1, 0.15) is 65.7 Å². The van der Waals surface area contributed by atoms with Crippen molar-refractivity contribution < 1.29 is 9.90 Å². The zero-order chi connectivity index (χ0) is 12.4. The molecule has 2 atom stereocenters. The molecule has 0 aliphatic heterocycles. The number of aldehydes is 1. The maximum atomic E-state index is 10.9. The van der Waals surface area contributed by atoms with Crippen LogP contribution in [0.5, 0.6) is 0 Å². The molecule has 0 amide bonds. The van der Waals surface area contributed by atoms with Gasteiger partial charge in [-0.1, -0.05) is 59.3 Å². The molecule has 0 aliphatic carbocycles. The lowest BCUT2D eigenvalue weighted by molar-refractivity contribution is -0.115. The van der Waals surface area contributed by atoms with Crippen molar-refractivity contribution in [1.29, 1.82) is 0 Å². The average molecular weight is 228 g/mol. The van der Waals surface area contributed by atoms with Crippen LogP contribution in [0.4, 0.5) is 0 Å². The fraction of sp³-hybridized carbons (Fsp3) is 0.929. The van der Waals surface area contributed by atoms with Crippen molar-refractivity contribution in [1.82, 2.24) is 0 Å². The summed E-state index contributed by atoms with van der Waals surface area (Å²) in [6.45, 7) is 6.13. The molecule has 2 heteroatoms. The molecule has 2 nitrogen and oxygen atoms in total. The number of carbonyl (C=O) groups is 1. The zero-order valence-corrected chi connectivity index (χ0v) is 11.1. The Labute approximate surface area is 100 Å². The third-order valence-electron chi connectivity index (χ3n) is 3.19. The van der Waals surface area contributed by atoms with Gasteiger partial charge in [-0.25, -0.2) is 0 Å². The molecule has 0 radical (unpaired) electrons.